The molecule has 10 heteroatoms. The second-order valence-corrected chi connectivity index (χ2v) is 9.10. The molecule has 0 bridgehead atoms. The number of fused-ring (bicyclic) bond motifs is 1. The first-order chi connectivity index (χ1) is 16.0. The maximum Gasteiger partial charge on any atom is 0.240 e. The van der Waals surface area contributed by atoms with Gasteiger partial charge in [0.15, 0.2) is 0 Å². The average molecular weight is 467 g/mol. The number of carbonyl (C=O) groups is 1. The lowest BCUT2D eigenvalue weighted by Gasteiger charge is -2.39. The van der Waals surface area contributed by atoms with E-state index in [1.807, 2.05) is 24.3 Å². The lowest BCUT2D eigenvalue weighted by atomic mass is 9.86. The summed E-state index contributed by atoms with van der Waals surface area (Å²) in [6.45, 7) is 2.20. The molecule has 1 amide bonds. The van der Waals surface area contributed by atoms with Gasteiger partial charge in [0.2, 0.25) is 5.91 Å². The molecule has 1 fully saturated rings. The monoisotopic (exact) mass is 466 g/mol. The Bertz CT molecular complexity index is 1110. The summed E-state index contributed by atoms with van der Waals surface area (Å²) in [6.07, 6.45) is 7.59. The summed E-state index contributed by atoms with van der Waals surface area (Å²) in [5, 5.41) is 7.12. The Morgan fingerprint density at radius 1 is 1.21 bits per heavy atom. The second kappa shape index (κ2) is 8.99. The number of nitrogens with one attached hydrogen (secondary N) is 3. The largest absolute Gasteiger partial charge is 0.369 e. The first kappa shape index (κ1) is 21.7. The van der Waals surface area contributed by atoms with Crippen LogP contribution in [-0.4, -0.2) is 51.0 Å². The Hall–Kier alpha value is -3.17. The smallest absolute Gasteiger partial charge is 0.240 e. The summed E-state index contributed by atoms with van der Waals surface area (Å²) >= 11 is 6.06. The summed E-state index contributed by atoms with van der Waals surface area (Å²) < 4.78 is 0. The normalized spacial score (nSPS) is 17.8. The Morgan fingerprint density at radius 3 is 2.73 bits per heavy atom. The number of hydrogen-bond acceptors (Lipinski definition) is 7. The summed E-state index contributed by atoms with van der Waals surface area (Å²) in [5.74, 6) is 2.50. The van der Waals surface area contributed by atoms with E-state index in [0.29, 0.717) is 37.4 Å². The van der Waals surface area contributed by atoms with Gasteiger partial charge in [-0.3, -0.25) is 4.79 Å². The molecule has 0 spiro atoms. The highest BCUT2D eigenvalue weighted by molar-refractivity contribution is 6.30. The molecule has 33 heavy (non-hydrogen) atoms. The molecule has 3 aromatic rings. The van der Waals surface area contributed by atoms with E-state index in [0.717, 1.165) is 41.6 Å². The van der Waals surface area contributed by atoms with Crippen molar-refractivity contribution in [1.29, 1.82) is 0 Å². The zero-order valence-electron chi connectivity index (χ0n) is 18.2. The molecule has 5 N–H and O–H groups in total. The number of carbonyl (C=O) groups excluding carboxylic acids is 1. The van der Waals surface area contributed by atoms with Gasteiger partial charge in [0, 0.05) is 49.0 Å². The predicted molar refractivity (Wildman–Crippen MR) is 127 cm³/mol. The molecule has 1 unspecified atom stereocenters. The molecule has 0 saturated carbocycles. The van der Waals surface area contributed by atoms with Gasteiger partial charge < -0.3 is 26.3 Å². The zero-order chi connectivity index (χ0) is 22.8. The number of nitrogens with zero attached hydrogens (tertiary/aromatic N) is 4. The molecule has 0 radical (unpaired) electrons. The van der Waals surface area contributed by atoms with Crippen molar-refractivity contribution in [2.45, 2.75) is 37.3 Å². The number of halogens is 1. The van der Waals surface area contributed by atoms with Gasteiger partial charge in [-0.1, -0.05) is 23.7 Å². The molecular formula is C23H27ClN8O. The van der Waals surface area contributed by atoms with Crippen molar-refractivity contribution in [3.05, 3.63) is 65.0 Å². The number of rotatable bonds is 6. The number of anilines is 2. The van der Waals surface area contributed by atoms with Crippen molar-refractivity contribution in [3.8, 4) is 0 Å². The van der Waals surface area contributed by atoms with Crippen LogP contribution in [0.4, 0.5) is 11.6 Å². The highest BCUT2D eigenvalue weighted by Gasteiger charge is 2.39. The molecule has 5 rings (SSSR count). The van der Waals surface area contributed by atoms with Crippen LogP contribution in [0.1, 0.15) is 35.8 Å². The molecule has 9 nitrogen and oxygen atoms in total. The Labute approximate surface area is 197 Å². The molecule has 2 aromatic heterocycles. The third kappa shape index (κ3) is 4.51. The summed E-state index contributed by atoms with van der Waals surface area (Å²) in [6, 6.07) is 7.22. The first-order valence-electron chi connectivity index (χ1n) is 11.2. The van der Waals surface area contributed by atoms with E-state index in [4.69, 9.17) is 17.3 Å². The quantitative estimate of drug-likeness (QED) is 0.439. The lowest BCUT2D eigenvalue weighted by molar-refractivity contribution is -0.127. The van der Waals surface area contributed by atoms with Crippen LogP contribution in [-0.2, 0) is 17.6 Å². The van der Waals surface area contributed by atoms with Crippen molar-refractivity contribution in [1.82, 2.24) is 25.3 Å². The average Bonchev–Trinajstić information content (AvgIpc) is 3.51. The molecule has 4 heterocycles. The fraction of sp³-hybridized carbons (Fsp3) is 0.391. The number of piperidine rings is 1. The van der Waals surface area contributed by atoms with Gasteiger partial charge in [0.05, 0.1) is 11.6 Å². The fourth-order valence-corrected chi connectivity index (χ4v) is 4.69. The van der Waals surface area contributed by atoms with Crippen molar-refractivity contribution in [2.24, 2.45) is 5.73 Å². The molecule has 1 aromatic carbocycles. The predicted octanol–water partition coefficient (Wildman–Crippen LogP) is 2.22. The van der Waals surface area contributed by atoms with Gasteiger partial charge in [-0.2, -0.15) is 0 Å². The Balaban J connectivity index is 1.29. The van der Waals surface area contributed by atoms with Crippen LogP contribution in [0.3, 0.4) is 0 Å². The minimum Gasteiger partial charge on any atom is -0.369 e. The van der Waals surface area contributed by atoms with Crippen molar-refractivity contribution < 1.29 is 4.79 Å². The van der Waals surface area contributed by atoms with E-state index in [-0.39, 0.29) is 11.9 Å². The van der Waals surface area contributed by atoms with E-state index < -0.39 is 5.54 Å². The number of amides is 1. The summed E-state index contributed by atoms with van der Waals surface area (Å²) in [4.78, 5) is 31.9. The molecule has 2 aliphatic rings. The van der Waals surface area contributed by atoms with Crippen LogP contribution in [0.15, 0.2) is 43.0 Å². The third-order valence-corrected chi connectivity index (χ3v) is 6.78. The number of aromatic amines is 1. The maximum absolute atomic E-state index is 13.4. The van der Waals surface area contributed by atoms with Gasteiger partial charge in [-0.05, 0) is 37.0 Å². The maximum atomic E-state index is 13.4. The molecule has 0 aliphatic carbocycles. The number of imidazole rings is 1. The zero-order valence-corrected chi connectivity index (χ0v) is 19.0. The van der Waals surface area contributed by atoms with Gasteiger partial charge in [-0.15, -0.1) is 0 Å². The Morgan fingerprint density at radius 2 is 2.00 bits per heavy atom. The minimum absolute atomic E-state index is 0.150. The number of H-pyrrole nitrogens is 1. The van der Waals surface area contributed by atoms with Crippen LogP contribution in [0.2, 0.25) is 5.02 Å². The third-order valence-electron chi connectivity index (χ3n) is 6.53. The van der Waals surface area contributed by atoms with Crippen molar-refractivity contribution in [2.75, 3.05) is 29.9 Å². The van der Waals surface area contributed by atoms with E-state index in [1.54, 1.807) is 18.7 Å². The highest BCUT2D eigenvalue weighted by atomic mass is 35.5. The fourth-order valence-electron chi connectivity index (χ4n) is 4.56. The van der Waals surface area contributed by atoms with Crippen LogP contribution in [0.5, 0.6) is 0 Å². The Kier molecular flexibility index (Phi) is 5.90. The molecular weight excluding hydrogens is 440 g/mol. The molecule has 2 aliphatic heterocycles. The number of nitrogens with two attached hydrogens (primary N) is 1. The van der Waals surface area contributed by atoms with E-state index in [2.05, 4.69) is 35.5 Å². The lowest BCUT2D eigenvalue weighted by Crippen LogP contribution is -2.60. The van der Waals surface area contributed by atoms with Crippen molar-refractivity contribution >= 4 is 29.1 Å². The molecule has 172 valence electrons. The van der Waals surface area contributed by atoms with Gasteiger partial charge in [0.1, 0.15) is 23.8 Å². The molecule has 1 atom stereocenters. The minimum atomic E-state index is -0.946. The van der Waals surface area contributed by atoms with Crippen LogP contribution in [0, 0.1) is 0 Å². The van der Waals surface area contributed by atoms with Gasteiger partial charge >= 0.3 is 0 Å². The van der Waals surface area contributed by atoms with Gasteiger partial charge in [0.25, 0.3) is 0 Å². The number of aromatic nitrogens is 4. The summed E-state index contributed by atoms with van der Waals surface area (Å²) in [7, 11) is 0. The van der Waals surface area contributed by atoms with E-state index >= 15 is 0 Å². The van der Waals surface area contributed by atoms with Crippen LogP contribution >= 0.6 is 11.6 Å². The topological polar surface area (TPSA) is 125 Å². The summed E-state index contributed by atoms with van der Waals surface area (Å²) in [5.41, 5.74) is 7.80. The number of hydrogen-bond donors (Lipinski definition) is 4. The second-order valence-electron chi connectivity index (χ2n) is 8.66. The first-order valence-corrected chi connectivity index (χ1v) is 11.6. The standard InChI is InChI=1S/C23H27ClN8O/c24-16-3-1-15(2-4-16)18(13-19-26-9-10-27-19)31-22(33)23(25)6-11-32(12-7-23)21-17-5-8-28-20(17)29-14-30-21/h1-4,9-10,14,18H,5-8,11-13,25H2,(H,26,27)(H,31,33)(H,28,29,30). The van der Waals surface area contributed by atoms with E-state index in [9.17, 15) is 4.79 Å². The van der Waals surface area contributed by atoms with Crippen LogP contribution < -0.4 is 21.3 Å². The van der Waals surface area contributed by atoms with Crippen molar-refractivity contribution in [3.63, 3.8) is 0 Å². The SMILES string of the molecule is NC1(C(=O)NC(Cc2ncc[nH]2)c2ccc(Cl)cc2)CCN(c2ncnc3c2CCN3)CC1. The van der Waals surface area contributed by atoms with E-state index in [1.165, 1.54) is 0 Å². The molecule has 1 saturated heterocycles. The highest BCUT2D eigenvalue weighted by Crippen LogP contribution is 2.31. The van der Waals surface area contributed by atoms with Crippen LogP contribution in [0.25, 0.3) is 0 Å². The number of benzene rings is 1. The van der Waals surface area contributed by atoms with Gasteiger partial charge in [-0.25, -0.2) is 15.0 Å².